The predicted molar refractivity (Wildman–Crippen MR) is 78.1 cm³/mol. The van der Waals surface area contributed by atoms with Crippen molar-refractivity contribution in [2.45, 2.75) is 24.9 Å². The van der Waals surface area contributed by atoms with Crippen LogP contribution in [-0.2, 0) is 15.1 Å². The van der Waals surface area contributed by atoms with Gasteiger partial charge in [-0.15, -0.1) is 0 Å². The Kier molecular flexibility index (Phi) is 5.28. The second-order valence-corrected chi connectivity index (χ2v) is 5.93. The van der Waals surface area contributed by atoms with Gasteiger partial charge < -0.3 is 10.1 Å². The lowest BCUT2D eigenvalue weighted by Gasteiger charge is -2.36. The Balaban J connectivity index is 2.13. The molecule has 2 N–H and O–H groups in total. The number of esters is 1. The summed E-state index contributed by atoms with van der Waals surface area (Å²) in [6.45, 7) is 2.04. The van der Waals surface area contributed by atoms with Gasteiger partial charge in [0.2, 0.25) is 0 Å². The third-order valence-corrected chi connectivity index (χ3v) is 4.24. The third kappa shape index (κ3) is 3.74. The van der Waals surface area contributed by atoms with Crippen molar-refractivity contribution >= 4 is 17.7 Å². The number of benzene rings is 1. The molecular weight excluding hydrogens is 258 g/mol. The molecule has 0 atom stereocenters. The van der Waals surface area contributed by atoms with Gasteiger partial charge >= 0.3 is 5.97 Å². The number of rotatable bonds is 5. The largest absolute Gasteiger partial charge is 0.454 e. The predicted octanol–water partition coefficient (Wildman–Crippen LogP) is 1.54. The van der Waals surface area contributed by atoms with E-state index in [-0.39, 0.29) is 5.97 Å². The number of nitrogens with two attached hydrogens (primary N) is 1. The molecule has 1 fully saturated rings. The van der Waals surface area contributed by atoms with Gasteiger partial charge in [0.05, 0.1) is 19.5 Å². The molecule has 0 bridgehead atoms. The van der Waals surface area contributed by atoms with Gasteiger partial charge in [0.15, 0.2) is 0 Å². The Labute approximate surface area is 119 Å². The molecule has 0 aromatic heterocycles. The van der Waals surface area contributed by atoms with Crippen LogP contribution in [0.3, 0.4) is 0 Å². The zero-order chi connectivity index (χ0) is 13.6. The zero-order valence-electron chi connectivity index (χ0n) is 11.4. The lowest BCUT2D eigenvalue weighted by Crippen LogP contribution is -2.87. The first-order valence-electron chi connectivity index (χ1n) is 6.85. The molecule has 1 aromatic carbocycles. The number of thioether (sulfide) groups is 1. The minimum atomic E-state index is -0.397. The second-order valence-electron chi connectivity index (χ2n) is 4.94. The van der Waals surface area contributed by atoms with E-state index in [9.17, 15) is 4.79 Å². The summed E-state index contributed by atoms with van der Waals surface area (Å²) in [5.41, 5.74) is 0.742. The van der Waals surface area contributed by atoms with E-state index in [4.69, 9.17) is 4.74 Å². The van der Waals surface area contributed by atoms with Crippen molar-refractivity contribution in [3.05, 3.63) is 35.9 Å². The summed E-state index contributed by atoms with van der Waals surface area (Å²) in [5.74, 6) is 0.760. The van der Waals surface area contributed by atoms with Crippen LogP contribution in [-0.4, -0.2) is 31.1 Å². The standard InChI is InChI=1S/C15H21NO2S/c1-19-12-7-14(17)18-15(8-10-16-11-9-15)13-5-3-2-4-6-13/h2-6,16H,7-12H2,1H3/p+1. The van der Waals surface area contributed by atoms with Crippen molar-refractivity contribution in [2.75, 3.05) is 25.1 Å². The van der Waals surface area contributed by atoms with Crippen LogP contribution in [0.25, 0.3) is 0 Å². The quantitative estimate of drug-likeness (QED) is 0.832. The SMILES string of the molecule is CSCCC(=O)OC1(c2ccccc2)CC[NH2+]CC1. The van der Waals surface area contributed by atoms with Gasteiger partial charge in [-0.1, -0.05) is 30.3 Å². The fourth-order valence-electron chi connectivity index (χ4n) is 2.59. The van der Waals surface area contributed by atoms with Crippen LogP contribution in [0.2, 0.25) is 0 Å². The molecule has 1 aliphatic rings. The Morgan fingerprint density at radius 1 is 1.32 bits per heavy atom. The van der Waals surface area contributed by atoms with Crippen LogP contribution in [0.1, 0.15) is 24.8 Å². The summed E-state index contributed by atoms with van der Waals surface area (Å²) >= 11 is 1.68. The van der Waals surface area contributed by atoms with E-state index in [1.165, 1.54) is 0 Å². The number of carbonyl (C=O) groups is 1. The third-order valence-electron chi connectivity index (χ3n) is 3.62. The van der Waals surface area contributed by atoms with Crippen molar-refractivity contribution in [3.63, 3.8) is 0 Å². The maximum Gasteiger partial charge on any atom is 0.307 e. The van der Waals surface area contributed by atoms with E-state index < -0.39 is 5.60 Å². The first-order chi connectivity index (χ1) is 9.27. The highest BCUT2D eigenvalue weighted by molar-refractivity contribution is 7.98. The molecule has 1 aromatic rings. The Morgan fingerprint density at radius 2 is 2.00 bits per heavy atom. The van der Waals surface area contributed by atoms with Crippen LogP contribution in [0, 0.1) is 0 Å². The van der Waals surface area contributed by atoms with Crippen LogP contribution in [0.4, 0.5) is 0 Å². The fourth-order valence-corrected chi connectivity index (χ4v) is 2.96. The van der Waals surface area contributed by atoms with Crippen molar-refractivity contribution in [3.8, 4) is 0 Å². The summed E-state index contributed by atoms with van der Waals surface area (Å²) in [6, 6.07) is 10.2. The molecule has 3 nitrogen and oxygen atoms in total. The molecule has 0 unspecified atom stereocenters. The Morgan fingerprint density at radius 3 is 2.63 bits per heavy atom. The maximum absolute atomic E-state index is 12.0. The lowest BCUT2D eigenvalue weighted by atomic mass is 9.85. The highest BCUT2D eigenvalue weighted by Crippen LogP contribution is 2.34. The van der Waals surface area contributed by atoms with Gasteiger partial charge in [0.25, 0.3) is 0 Å². The molecule has 1 saturated heterocycles. The van der Waals surface area contributed by atoms with Crippen LogP contribution in [0.5, 0.6) is 0 Å². The number of quaternary nitrogens is 1. The number of ether oxygens (including phenoxy) is 1. The summed E-state index contributed by atoms with van der Waals surface area (Å²) in [6.07, 6.45) is 4.32. The normalized spacial score (nSPS) is 17.9. The topological polar surface area (TPSA) is 42.9 Å². The highest BCUT2D eigenvalue weighted by Gasteiger charge is 2.39. The summed E-state index contributed by atoms with van der Waals surface area (Å²) in [7, 11) is 0. The number of piperidine rings is 1. The molecule has 0 amide bonds. The van der Waals surface area contributed by atoms with E-state index in [1.807, 2.05) is 24.5 Å². The molecule has 2 rings (SSSR count). The molecule has 0 saturated carbocycles. The first-order valence-corrected chi connectivity index (χ1v) is 8.24. The molecule has 0 aliphatic carbocycles. The Hall–Kier alpha value is -1.00. The van der Waals surface area contributed by atoms with Gasteiger partial charge in [-0.3, -0.25) is 4.79 Å². The molecule has 0 radical (unpaired) electrons. The average molecular weight is 280 g/mol. The Bertz CT molecular complexity index is 402. The number of hydrogen-bond donors (Lipinski definition) is 1. The van der Waals surface area contributed by atoms with Crippen molar-refractivity contribution < 1.29 is 14.8 Å². The summed E-state index contributed by atoms with van der Waals surface area (Å²) in [5, 5.41) is 2.29. The molecule has 4 heteroatoms. The summed E-state index contributed by atoms with van der Waals surface area (Å²) in [4.78, 5) is 12.0. The van der Waals surface area contributed by atoms with Crippen LogP contribution < -0.4 is 5.32 Å². The fraction of sp³-hybridized carbons (Fsp3) is 0.533. The number of hydrogen-bond acceptors (Lipinski definition) is 3. The lowest BCUT2D eigenvalue weighted by molar-refractivity contribution is -0.668. The van der Waals surface area contributed by atoms with Gasteiger partial charge in [-0.05, 0) is 11.8 Å². The minimum Gasteiger partial charge on any atom is -0.454 e. The highest BCUT2D eigenvalue weighted by atomic mass is 32.2. The van der Waals surface area contributed by atoms with E-state index in [0.29, 0.717) is 6.42 Å². The van der Waals surface area contributed by atoms with E-state index in [1.54, 1.807) is 11.8 Å². The smallest absolute Gasteiger partial charge is 0.307 e. The van der Waals surface area contributed by atoms with Gasteiger partial charge in [-0.2, -0.15) is 11.8 Å². The van der Waals surface area contributed by atoms with Crippen LogP contribution in [0.15, 0.2) is 30.3 Å². The average Bonchev–Trinajstić information content (AvgIpc) is 2.47. The molecule has 0 spiro atoms. The summed E-state index contributed by atoms with van der Waals surface area (Å²) < 4.78 is 5.89. The van der Waals surface area contributed by atoms with Crippen LogP contribution >= 0.6 is 11.8 Å². The van der Waals surface area contributed by atoms with E-state index >= 15 is 0 Å². The maximum atomic E-state index is 12.0. The minimum absolute atomic E-state index is 0.0693. The first kappa shape index (κ1) is 14.4. The van der Waals surface area contributed by atoms with E-state index in [2.05, 4.69) is 17.4 Å². The van der Waals surface area contributed by atoms with Crippen molar-refractivity contribution in [1.29, 1.82) is 0 Å². The monoisotopic (exact) mass is 280 g/mol. The molecule has 1 aliphatic heterocycles. The molecular formula is C15H22NO2S+. The number of carbonyl (C=O) groups excluding carboxylic acids is 1. The second kappa shape index (κ2) is 6.96. The van der Waals surface area contributed by atoms with Crippen molar-refractivity contribution in [1.82, 2.24) is 0 Å². The molecule has 19 heavy (non-hydrogen) atoms. The zero-order valence-corrected chi connectivity index (χ0v) is 12.2. The van der Waals surface area contributed by atoms with E-state index in [0.717, 1.165) is 37.2 Å². The molecule has 1 heterocycles. The van der Waals surface area contributed by atoms with Gasteiger partial charge in [0.1, 0.15) is 5.60 Å². The van der Waals surface area contributed by atoms with Gasteiger partial charge in [-0.25, -0.2) is 0 Å². The molecule has 104 valence electrons. The van der Waals surface area contributed by atoms with Crippen molar-refractivity contribution in [2.24, 2.45) is 0 Å². The van der Waals surface area contributed by atoms with Gasteiger partial charge in [0, 0.05) is 18.6 Å².